The number of nitrogens with zero attached hydrogens (tertiary/aromatic N) is 9. The molecule has 1 N–H and O–H groups in total. The van der Waals surface area contributed by atoms with Gasteiger partial charge < -0.3 is 15.0 Å². The summed E-state index contributed by atoms with van der Waals surface area (Å²) in [5.41, 5.74) is 0.754. The van der Waals surface area contributed by atoms with Crippen LogP contribution < -0.4 is 10.1 Å². The summed E-state index contributed by atoms with van der Waals surface area (Å²) in [7, 11) is 0. The van der Waals surface area contributed by atoms with E-state index in [1.54, 1.807) is 23.3 Å². The number of tetrazole rings is 1. The van der Waals surface area contributed by atoms with Crippen LogP contribution in [-0.2, 0) is 11.4 Å². The lowest BCUT2D eigenvalue weighted by Gasteiger charge is -2.33. The van der Waals surface area contributed by atoms with E-state index >= 15 is 0 Å². The van der Waals surface area contributed by atoms with Crippen molar-refractivity contribution >= 4 is 5.91 Å². The summed E-state index contributed by atoms with van der Waals surface area (Å²) in [4.78, 5) is 20.7. The molecule has 3 aromatic heterocycles. The molecule has 0 radical (unpaired) electrons. The second kappa shape index (κ2) is 10.0. The molecule has 1 amide bonds. The number of rotatable bonds is 7. The minimum absolute atomic E-state index is 0.207. The number of nitrogens with one attached hydrogen (secondary N) is 1. The Hall–Kier alpha value is -3.41. The van der Waals surface area contributed by atoms with Gasteiger partial charge in [-0.1, -0.05) is 0 Å². The van der Waals surface area contributed by atoms with Crippen molar-refractivity contribution in [2.75, 3.05) is 26.2 Å². The Bertz CT molecular complexity index is 1020. The van der Waals surface area contributed by atoms with Crippen LogP contribution in [0, 0.1) is 5.92 Å². The summed E-state index contributed by atoms with van der Waals surface area (Å²) in [6.45, 7) is 3.89. The SMILES string of the molecule is O=C(CC1CCNCC1)N1CCC(n2ncc(COc3ccc(-n4cnnn4)nc3)n2)CC1. The number of hydrogen-bond acceptors (Lipinski definition) is 9. The fraction of sp³-hybridized carbons (Fsp3) is 0.571. The number of aromatic nitrogens is 8. The van der Waals surface area contributed by atoms with Gasteiger partial charge in [0.1, 0.15) is 24.4 Å². The molecule has 0 spiro atoms. The average molecular weight is 453 g/mol. The predicted octanol–water partition coefficient (Wildman–Crippen LogP) is 0.781. The molecular weight excluding hydrogens is 424 g/mol. The monoisotopic (exact) mass is 452 g/mol. The van der Waals surface area contributed by atoms with Gasteiger partial charge in [-0.15, -0.1) is 5.10 Å². The topological polar surface area (TPSA) is 129 Å². The predicted molar refractivity (Wildman–Crippen MR) is 116 cm³/mol. The van der Waals surface area contributed by atoms with Gasteiger partial charge in [0.15, 0.2) is 5.82 Å². The first kappa shape index (κ1) is 21.4. The maximum absolute atomic E-state index is 12.7. The molecule has 5 rings (SSSR count). The largest absolute Gasteiger partial charge is 0.486 e. The highest BCUT2D eigenvalue weighted by Gasteiger charge is 2.27. The number of carbonyl (C=O) groups excluding carboxylic acids is 1. The Morgan fingerprint density at radius 3 is 2.70 bits per heavy atom. The molecule has 2 aliphatic rings. The highest BCUT2D eigenvalue weighted by Crippen LogP contribution is 2.24. The zero-order chi connectivity index (χ0) is 22.5. The van der Waals surface area contributed by atoms with Gasteiger partial charge in [-0.2, -0.15) is 19.7 Å². The van der Waals surface area contributed by atoms with Crippen LogP contribution in [-0.4, -0.2) is 77.2 Å². The first-order valence-electron chi connectivity index (χ1n) is 11.5. The zero-order valence-corrected chi connectivity index (χ0v) is 18.5. The number of carbonyl (C=O) groups is 1. The molecule has 5 heterocycles. The van der Waals surface area contributed by atoms with Crippen molar-refractivity contribution in [1.29, 1.82) is 0 Å². The van der Waals surface area contributed by atoms with E-state index in [9.17, 15) is 4.79 Å². The Morgan fingerprint density at radius 1 is 1.12 bits per heavy atom. The van der Waals surface area contributed by atoms with Gasteiger partial charge in [0.25, 0.3) is 0 Å². The van der Waals surface area contributed by atoms with Crippen LogP contribution >= 0.6 is 0 Å². The van der Waals surface area contributed by atoms with E-state index in [2.05, 4.69) is 36.0 Å². The number of likely N-dealkylation sites (tertiary alicyclic amines) is 1. The van der Waals surface area contributed by atoms with Crippen molar-refractivity contribution in [3.8, 4) is 11.6 Å². The fourth-order valence-corrected chi connectivity index (χ4v) is 4.38. The minimum atomic E-state index is 0.207. The van der Waals surface area contributed by atoms with Gasteiger partial charge in [0.2, 0.25) is 5.91 Å². The molecule has 0 saturated carbocycles. The van der Waals surface area contributed by atoms with Crippen LogP contribution in [0.5, 0.6) is 5.75 Å². The summed E-state index contributed by atoms with van der Waals surface area (Å²) in [6.07, 6.45) is 9.46. The highest BCUT2D eigenvalue weighted by atomic mass is 16.5. The lowest BCUT2D eigenvalue weighted by atomic mass is 9.93. The summed E-state index contributed by atoms with van der Waals surface area (Å²) in [5.74, 6) is 2.06. The first-order chi connectivity index (χ1) is 16.2. The normalized spacial score (nSPS) is 17.9. The Kier molecular flexibility index (Phi) is 6.51. The lowest BCUT2D eigenvalue weighted by Crippen LogP contribution is -2.41. The van der Waals surface area contributed by atoms with E-state index in [4.69, 9.17) is 4.74 Å². The third-order valence-corrected chi connectivity index (χ3v) is 6.31. The average Bonchev–Trinajstić information content (AvgIpc) is 3.57. The van der Waals surface area contributed by atoms with Gasteiger partial charge in [-0.3, -0.25) is 4.79 Å². The quantitative estimate of drug-likeness (QED) is 0.553. The van der Waals surface area contributed by atoms with Crippen molar-refractivity contribution < 1.29 is 9.53 Å². The summed E-state index contributed by atoms with van der Waals surface area (Å²) < 4.78 is 7.26. The van der Waals surface area contributed by atoms with Crippen LogP contribution in [0.1, 0.15) is 43.8 Å². The molecule has 0 atom stereocenters. The number of piperidine rings is 2. The van der Waals surface area contributed by atoms with Crippen molar-refractivity contribution in [1.82, 2.24) is 50.4 Å². The second-order valence-corrected chi connectivity index (χ2v) is 8.56. The van der Waals surface area contributed by atoms with Crippen LogP contribution in [0.4, 0.5) is 0 Å². The van der Waals surface area contributed by atoms with Gasteiger partial charge in [0.05, 0.1) is 18.4 Å². The second-order valence-electron chi connectivity index (χ2n) is 8.56. The lowest BCUT2D eigenvalue weighted by molar-refractivity contribution is -0.133. The van der Waals surface area contributed by atoms with Crippen LogP contribution in [0.15, 0.2) is 30.9 Å². The van der Waals surface area contributed by atoms with E-state index in [0.717, 1.165) is 57.6 Å². The van der Waals surface area contributed by atoms with E-state index in [0.29, 0.717) is 36.4 Å². The summed E-state index contributed by atoms with van der Waals surface area (Å²) in [5, 5.41) is 23.4. The Balaban J connectivity index is 1.08. The van der Waals surface area contributed by atoms with E-state index in [-0.39, 0.29) is 6.04 Å². The molecule has 33 heavy (non-hydrogen) atoms. The van der Waals surface area contributed by atoms with Crippen molar-refractivity contribution in [2.45, 2.75) is 44.8 Å². The molecule has 0 aromatic carbocycles. The zero-order valence-electron chi connectivity index (χ0n) is 18.5. The maximum Gasteiger partial charge on any atom is 0.222 e. The molecule has 0 unspecified atom stereocenters. The molecular formula is C21H28N10O2. The number of ether oxygens (including phenoxy) is 1. The first-order valence-corrected chi connectivity index (χ1v) is 11.5. The molecule has 2 aliphatic heterocycles. The van der Waals surface area contributed by atoms with E-state index < -0.39 is 0 Å². The molecule has 0 bridgehead atoms. The van der Waals surface area contributed by atoms with Crippen molar-refractivity contribution in [2.24, 2.45) is 5.92 Å². The molecule has 3 aromatic rings. The fourth-order valence-electron chi connectivity index (χ4n) is 4.38. The highest BCUT2D eigenvalue weighted by molar-refractivity contribution is 5.76. The smallest absolute Gasteiger partial charge is 0.222 e. The van der Waals surface area contributed by atoms with Crippen molar-refractivity contribution in [3.63, 3.8) is 0 Å². The summed E-state index contributed by atoms with van der Waals surface area (Å²) in [6, 6.07) is 3.80. The Labute approximate surface area is 191 Å². The molecule has 174 valence electrons. The molecule has 12 heteroatoms. The van der Waals surface area contributed by atoms with Gasteiger partial charge in [-0.05, 0) is 67.3 Å². The van der Waals surface area contributed by atoms with Crippen molar-refractivity contribution in [3.05, 3.63) is 36.5 Å². The number of hydrogen-bond donors (Lipinski definition) is 1. The van der Waals surface area contributed by atoms with Crippen LogP contribution in [0.25, 0.3) is 5.82 Å². The maximum atomic E-state index is 12.7. The molecule has 0 aliphatic carbocycles. The van der Waals surface area contributed by atoms with Gasteiger partial charge in [-0.25, -0.2) is 4.98 Å². The summed E-state index contributed by atoms with van der Waals surface area (Å²) >= 11 is 0. The third kappa shape index (κ3) is 5.33. The molecule has 2 saturated heterocycles. The number of pyridine rings is 1. The number of amides is 1. The third-order valence-electron chi connectivity index (χ3n) is 6.31. The van der Waals surface area contributed by atoms with Crippen LogP contribution in [0.3, 0.4) is 0 Å². The minimum Gasteiger partial charge on any atom is -0.486 e. The standard InChI is InChI=1S/C21H28N10O2/c32-21(11-16-3-7-22-8-4-16)29-9-5-18(6-10-29)31-25-12-17(26-31)14-33-19-1-2-20(23-13-19)30-15-24-27-28-30/h1-2,12-13,15-16,18,22H,3-11,14H2. The molecule has 12 nitrogen and oxygen atoms in total. The van der Waals surface area contributed by atoms with Crippen LogP contribution in [0.2, 0.25) is 0 Å². The molecule has 2 fully saturated rings. The van der Waals surface area contributed by atoms with E-state index in [1.807, 2.05) is 11.0 Å². The van der Waals surface area contributed by atoms with Gasteiger partial charge in [0, 0.05) is 19.5 Å². The van der Waals surface area contributed by atoms with Gasteiger partial charge >= 0.3 is 0 Å². The Morgan fingerprint density at radius 2 is 1.97 bits per heavy atom. The van der Waals surface area contributed by atoms with E-state index in [1.165, 1.54) is 11.0 Å².